The predicted octanol–water partition coefficient (Wildman–Crippen LogP) is 6.54. The third-order valence-corrected chi connectivity index (χ3v) is 8.33. The molecule has 0 aliphatic carbocycles. The van der Waals surface area contributed by atoms with Crippen LogP contribution in [0.1, 0.15) is 49.3 Å². The van der Waals surface area contributed by atoms with Gasteiger partial charge in [-0.05, 0) is 56.8 Å². The number of amides is 2. The summed E-state index contributed by atoms with van der Waals surface area (Å²) in [5, 5.41) is 0. The first-order valence-electron chi connectivity index (χ1n) is 9.45. The lowest BCUT2D eigenvalue weighted by atomic mass is 10.1. The molecule has 0 spiro atoms. The second-order valence-electron chi connectivity index (χ2n) is 6.90. The van der Waals surface area contributed by atoms with Crippen molar-refractivity contribution in [1.82, 2.24) is 0 Å². The van der Waals surface area contributed by atoms with Gasteiger partial charge < -0.3 is 9.80 Å². The third kappa shape index (κ3) is 3.22. The van der Waals surface area contributed by atoms with Gasteiger partial charge in [0.05, 0.1) is 39.8 Å². The van der Waals surface area contributed by atoms with E-state index in [1.165, 1.54) is 22.7 Å². The first-order valence-corrected chi connectivity index (χ1v) is 12.7. The molecule has 0 saturated heterocycles. The van der Waals surface area contributed by atoms with Crippen LogP contribution >= 0.6 is 54.5 Å². The van der Waals surface area contributed by atoms with Crippen LogP contribution < -0.4 is 9.80 Å². The molecule has 0 aromatic carbocycles. The SMILES string of the molecule is CCCCN1C(=O)C(=C2C(=O)N(CCCC)c3cc(Br)sc32)c2sc(Br)cc21. The molecule has 0 N–H and O–H groups in total. The van der Waals surface area contributed by atoms with Gasteiger partial charge in [0.15, 0.2) is 0 Å². The molecule has 0 saturated carbocycles. The van der Waals surface area contributed by atoms with Crippen LogP contribution in [0.15, 0.2) is 19.7 Å². The summed E-state index contributed by atoms with van der Waals surface area (Å²) in [6.45, 7) is 5.59. The molecule has 2 aliphatic heterocycles. The van der Waals surface area contributed by atoms with Crippen LogP contribution in [0.25, 0.3) is 11.1 Å². The molecule has 4 heterocycles. The van der Waals surface area contributed by atoms with Gasteiger partial charge in [0, 0.05) is 13.1 Å². The Balaban J connectivity index is 1.88. The van der Waals surface area contributed by atoms with Crippen molar-refractivity contribution in [3.63, 3.8) is 0 Å². The summed E-state index contributed by atoms with van der Waals surface area (Å²) < 4.78 is 1.95. The van der Waals surface area contributed by atoms with Gasteiger partial charge in [-0.1, -0.05) is 26.7 Å². The number of hydrogen-bond acceptors (Lipinski definition) is 4. The number of halogens is 2. The molecule has 2 aromatic rings. The molecule has 0 atom stereocenters. The maximum Gasteiger partial charge on any atom is 0.260 e. The molecule has 0 unspecified atom stereocenters. The molecule has 28 heavy (non-hydrogen) atoms. The molecule has 2 aromatic heterocycles. The average molecular weight is 544 g/mol. The maximum atomic E-state index is 13.4. The molecule has 2 amide bonds. The fraction of sp³-hybridized carbons (Fsp3) is 0.400. The number of anilines is 2. The maximum absolute atomic E-state index is 13.4. The summed E-state index contributed by atoms with van der Waals surface area (Å²) in [6.07, 6.45) is 3.91. The molecule has 8 heteroatoms. The topological polar surface area (TPSA) is 40.6 Å². The molecule has 0 fully saturated rings. The Bertz CT molecular complexity index is 914. The number of hydrogen-bond donors (Lipinski definition) is 0. The lowest BCUT2D eigenvalue weighted by molar-refractivity contribution is -0.114. The molecular formula is C20H20Br2N2O2S2. The molecular weight excluding hydrogens is 524 g/mol. The quantitative estimate of drug-likeness (QED) is 0.388. The first-order chi connectivity index (χ1) is 13.5. The Labute approximate surface area is 189 Å². The van der Waals surface area contributed by atoms with Crippen LogP contribution in [0, 0.1) is 0 Å². The van der Waals surface area contributed by atoms with E-state index >= 15 is 0 Å². The molecule has 148 valence electrons. The van der Waals surface area contributed by atoms with Crippen LogP contribution in [0.4, 0.5) is 11.4 Å². The van der Waals surface area contributed by atoms with Crippen molar-refractivity contribution in [2.75, 3.05) is 22.9 Å². The van der Waals surface area contributed by atoms with Crippen LogP contribution in [-0.2, 0) is 9.59 Å². The summed E-state index contributed by atoms with van der Waals surface area (Å²) in [5.41, 5.74) is 2.99. The van der Waals surface area contributed by atoms with Crippen LogP contribution in [0.2, 0.25) is 0 Å². The van der Waals surface area contributed by atoms with Gasteiger partial charge in [-0.15, -0.1) is 22.7 Å². The molecule has 4 rings (SSSR count). The Kier molecular flexibility index (Phi) is 5.84. The van der Waals surface area contributed by atoms with Gasteiger partial charge in [-0.3, -0.25) is 9.59 Å². The van der Waals surface area contributed by atoms with Gasteiger partial charge >= 0.3 is 0 Å². The zero-order valence-corrected chi connectivity index (χ0v) is 20.5. The van der Waals surface area contributed by atoms with Crippen molar-refractivity contribution in [3.05, 3.63) is 29.5 Å². The van der Waals surface area contributed by atoms with Gasteiger partial charge in [0.1, 0.15) is 0 Å². The van der Waals surface area contributed by atoms with E-state index in [-0.39, 0.29) is 11.8 Å². The van der Waals surface area contributed by atoms with Gasteiger partial charge in [-0.2, -0.15) is 0 Å². The lowest BCUT2D eigenvalue weighted by Crippen LogP contribution is -2.30. The summed E-state index contributed by atoms with van der Waals surface area (Å²) in [4.78, 5) is 32.3. The Hall–Kier alpha value is -0.960. The Morgan fingerprint density at radius 2 is 1.18 bits per heavy atom. The lowest BCUT2D eigenvalue weighted by Gasteiger charge is -2.17. The van der Waals surface area contributed by atoms with Crippen molar-refractivity contribution in [3.8, 4) is 0 Å². The minimum Gasteiger partial charge on any atom is -0.307 e. The smallest absolute Gasteiger partial charge is 0.260 e. The third-order valence-electron chi connectivity index (χ3n) is 5.04. The number of carbonyl (C=O) groups is 2. The number of fused-ring (bicyclic) bond motifs is 2. The summed E-state index contributed by atoms with van der Waals surface area (Å²) in [5.74, 6) is -0.0864. The van der Waals surface area contributed by atoms with Crippen molar-refractivity contribution in [2.45, 2.75) is 39.5 Å². The Morgan fingerprint density at radius 1 is 0.786 bits per heavy atom. The monoisotopic (exact) mass is 542 g/mol. The highest BCUT2D eigenvalue weighted by Crippen LogP contribution is 2.53. The first kappa shape index (κ1) is 20.3. The van der Waals surface area contributed by atoms with Crippen molar-refractivity contribution < 1.29 is 9.59 Å². The molecule has 4 nitrogen and oxygen atoms in total. The highest BCUT2D eigenvalue weighted by molar-refractivity contribution is 9.11. The van der Waals surface area contributed by atoms with E-state index in [0.717, 1.165) is 54.4 Å². The van der Waals surface area contributed by atoms with E-state index in [2.05, 4.69) is 45.7 Å². The minimum absolute atomic E-state index is 0.0432. The van der Waals surface area contributed by atoms with Crippen LogP contribution in [0.3, 0.4) is 0 Å². The number of rotatable bonds is 6. The zero-order chi connectivity index (χ0) is 20.0. The van der Waals surface area contributed by atoms with E-state index in [9.17, 15) is 9.59 Å². The van der Waals surface area contributed by atoms with Gasteiger partial charge in [-0.25, -0.2) is 0 Å². The second kappa shape index (κ2) is 8.05. The number of nitrogens with zero attached hydrogens (tertiary/aromatic N) is 2. The fourth-order valence-electron chi connectivity index (χ4n) is 3.66. The zero-order valence-electron chi connectivity index (χ0n) is 15.7. The number of unbranched alkanes of at least 4 members (excludes halogenated alkanes) is 2. The van der Waals surface area contributed by atoms with Crippen molar-refractivity contribution in [2.24, 2.45) is 0 Å². The highest BCUT2D eigenvalue weighted by Gasteiger charge is 2.44. The van der Waals surface area contributed by atoms with E-state index in [1.807, 2.05) is 21.9 Å². The van der Waals surface area contributed by atoms with E-state index in [0.29, 0.717) is 24.2 Å². The minimum atomic E-state index is -0.0432. The standard InChI is InChI=1S/C20H20Br2N2O2S2/c1-3-5-7-23-11-9-13(21)27-17(11)15(19(23)25)16-18-12(10-14(22)28-18)24(20(16)26)8-6-4-2/h9-10H,3-8H2,1-2H3. The number of thiophene rings is 2. The molecule has 0 bridgehead atoms. The normalized spacial score (nSPS) is 18.4. The van der Waals surface area contributed by atoms with Crippen molar-refractivity contribution >= 4 is 88.9 Å². The van der Waals surface area contributed by atoms with Gasteiger partial charge in [0.25, 0.3) is 11.8 Å². The van der Waals surface area contributed by atoms with Gasteiger partial charge in [0.2, 0.25) is 0 Å². The van der Waals surface area contributed by atoms with Crippen LogP contribution in [-0.4, -0.2) is 24.9 Å². The van der Waals surface area contributed by atoms with E-state index in [1.54, 1.807) is 0 Å². The van der Waals surface area contributed by atoms with E-state index < -0.39 is 0 Å². The molecule has 0 radical (unpaired) electrons. The summed E-state index contributed by atoms with van der Waals surface area (Å²) in [6, 6.07) is 4.00. The van der Waals surface area contributed by atoms with Crippen molar-refractivity contribution in [1.29, 1.82) is 0 Å². The highest BCUT2D eigenvalue weighted by atomic mass is 79.9. The predicted molar refractivity (Wildman–Crippen MR) is 125 cm³/mol. The molecule has 2 aliphatic rings. The summed E-state index contributed by atoms with van der Waals surface area (Å²) in [7, 11) is 0. The van der Waals surface area contributed by atoms with E-state index in [4.69, 9.17) is 0 Å². The largest absolute Gasteiger partial charge is 0.307 e. The van der Waals surface area contributed by atoms with Crippen LogP contribution in [0.5, 0.6) is 0 Å². The summed E-state index contributed by atoms with van der Waals surface area (Å²) >= 11 is 10.2. The average Bonchev–Trinajstić information content (AvgIpc) is 3.33. The number of carbonyl (C=O) groups excluding carboxylic acids is 2. The second-order valence-corrected chi connectivity index (χ2v) is 11.8. The Morgan fingerprint density at radius 3 is 1.54 bits per heavy atom. The fourth-order valence-corrected chi connectivity index (χ4v) is 6.93.